The molecular formula is C14H15N3O. The van der Waals surface area contributed by atoms with E-state index in [4.69, 9.17) is 15.9 Å². The second-order valence-corrected chi connectivity index (χ2v) is 3.95. The molecule has 18 heavy (non-hydrogen) atoms. The molecule has 4 heteroatoms. The molecule has 1 aromatic carbocycles. The SMILES string of the molecule is CC(Oc1cccc(C(=N)N)n1)c1ccccc1. The predicted octanol–water partition coefficient (Wildman–Crippen LogP) is 2.51. The van der Waals surface area contributed by atoms with Crippen LogP contribution in [0.15, 0.2) is 48.5 Å². The number of ether oxygens (including phenoxy) is 1. The van der Waals surface area contributed by atoms with E-state index in [1.54, 1.807) is 18.2 Å². The number of pyridine rings is 1. The van der Waals surface area contributed by atoms with Gasteiger partial charge in [0, 0.05) is 6.07 Å². The van der Waals surface area contributed by atoms with Gasteiger partial charge in [-0.05, 0) is 18.6 Å². The Morgan fingerprint density at radius 1 is 1.17 bits per heavy atom. The third-order valence-corrected chi connectivity index (χ3v) is 2.57. The standard InChI is InChI=1S/C14H15N3O/c1-10(11-6-3-2-4-7-11)18-13-9-5-8-12(17-13)14(15)16/h2-10H,1H3,(H3,15,16). The lowest BCUT2D eigenvalue weighted by atomic mass is 10.1. The molecule has 1 heterocycles. The lowest BCUT2D eigenvalue weighted by Crippen LogP contribution is -2.14. The first kappa shape index (κ1) is 12.1. The van der Waals surface area contributed by atoms with E-state index in [0.717, 1.165) is 5.56 Å². The van der Waals surface area contributed by atoms with Crippen LogP contribution in [0.3, 0.4) is 0 Å². The zero-order valence-corrected chi connectivity index (χ0v) is 10.1. The van der Waals surface area contributed by atoms with Crippen LogP contribution in [0.2, 0.25) is 0 Å². The summed E-state index contributed by atoms with van der Waals surface area (Å²) in [7, 11) is 0. The number of nitrogens with zero attached hydrogens (tertiary/aromatic N) is 1. The zero-order chi connectivity index (χ0) is 13.0. The second kappa shape index (κ2) is 5.31. The minimum atomic E-state index is -0.0964. The van der Waals surface area contributed by atoms with Crippen molar-refractivity contribution in [3.63, 3.8) is 0 Å². The minimum absolute atomic E-state index is 0.0622. The average molecular weight is 241 g/mol. The first-order valence-electron chi connectivity index (χ1n) is 5.70. The molecule has 92 valence electrons. The van der Waals surface area contributed by atoms with Crippen molar-refractivity contribution in [2.45, 2.75) is 13.0 Å². The van der Waals surface area contributed by atoms with Gasteiger partial charge in [0.25, 0.3) is 0 Å². The summed E-state index contributed by atoms with van der Waals surface area (Å²) in [5.74, 6) is 0.409. The molecule has 1 unspecified atom stereocenters. The van der Waals surface area contributed by atoms with Gasteiger partial charge >= 0.3 is 0 Å². The van der Waals surface area contributed by atoms with Crippen molar-refractivity contribution in [1.29, 1.82) is 5.41 Å². The zero-order valence-electron chi connectivity index (χ0n) is 10.1. The summed E-state index contributed by atoms with van der Waals surface area (Å²) in [6.07, 6.45) is -0.0964. The second-order valence-electron chi connectivity index (χ2n) is 3.95. The molecule has 4 nitrogen and oxygen atoms in total. The van der Waals surface area contributed by atoms with Gasteiger partial charge < -0.3 is 10.5 Å². The number of nitrogens with one attached hydrogen (secondary N) is 1. The molecule has 1 aromatic heterocycles. The lowest BCUT2D eigenvalue weighted by molar-refractivity contribution is 0.217. The van der Waals surface area contributed by atoms with Crippen LogP contribution in [0, 0.1) is 5.41 Å². The van der Waals surface area contributed by atoms with Gasteiger partial charge in [-0.2, -0.15) is 0 Å². The van der Waals surface area contributed by atoms with Crippen LogP contribution in [0.5, 0.6) is 5.88 Å². The summed E-state index contributed by atoms with van der Waals surface area (Å²) in [5, 5.41) is 7.34. The summed E-state index contributed by atoms with van der Waals surface area (Å²) in [4.78, 5) is 4.17. The van der Waals surface area contributed by atoms with Gasteiger partial charge in [-0.15, -0.1) is 0 Å². The van der Waals surface area contributed by atoms with Crippen LogP contribution in [-0.4, -0.2) is 10.8 Å². The fourth-order valence-corrected chi connectivity index (χ4v) is 1.60. The van der Waals surface area contributed by atoms with Crippen molar-refractivity contribution in [1.82, 2.24) is 4.98 Å². The Balaban J connectivity index is 2.14. The van der Waals surface area contributed by atoms with E-state index in [9.17, 15) is 0 Å². The molecule has 0 saturated carbocycles. The Morgan fingerprint density at radius 3 is 2.56 bits per heavy atom. The smallest absolute Gasteiger partial charge is 0.214 e. The molecule has 0 aliphatic rings. The highest BCUT2D eigenvalue weighted by atomic mass is 16.5. The Kier molecular flexibility index (Phi) is 3.57. The Bertz CT molecular complexity index is 540. The first-order valence-corrected chi connectivity index (χ1v) is 5.70. The normalized spacial score (nSPS) is 11.8. The maximum atomic E-state index is 7.34. The van der Waals surface area contributed by atoms with E-state index in [1.165, 1.54) is 0 Å². The molecule has 0 amide bonds. The fourth-order valence-electron chi connectivity index (χ4n) is 1.60. The maximum Gasteiger partial charge on any atom is 0.214 e. The lowest BCUT2D eigenvalue weighted by Gasteiger charge is -2.14. The first-order chi connectivity index (χ1) is 8.66. The Morgan fingerprint density at radius 2 is 1.89 bits per heavy atom. The van der Waals surface area contributed by atoms with Crippen LogP contribution in [-0.2, 0) is 0 Å². The quantitative estimate of drug-likeness (QED) is 0.638. The Labute approximate surface area is 106 Å². The Hall–Kier alpha value is -2.36. The molecule has 3 N–H and O–H groups in total. The molecule has 1 atom stereocenters. The summed E-state index contributed by atoms with van der Waals surface area (Å²) in [6.45, 7) is 1.96. The molecule has 2 rings (SSSR count). The van der Waals surface area contributed by atoms with E-state index in [2.05, 4.69) is 4.98 Å². The highest BCUT2D eigenvalue weighted by Gasteiger charge is 2.08. The van der Waals surface area contributed by atoms with E-state index in [-0.39, 0.29) is 11.9 Å². The van der Waals surface area contributed by atoms with Gasteiger partial charge in [0.05, 0.1) is 0 Å². The van der Waals surface area contributed by atoms with Crippen molar-refractivity contribution >= 4 is 5.84 Å². The van der Waals surface area contributed by atoms with Crippen LogP contribution in [0.25, 0.3) is 0 Å². The molecular weight excluding hydrogens is 226 g/mol. The van der Waals surface area contributed by atoms with Gasteiger partial charge in [-0.1, -0.05) is 36.4 Å². The number of amidine groups is 1. The van der Waals surface area contributed by atoms with Crippen LogP contribution in [0.1, 0.15) is 24.3 Å². The van der Waals surface area contributed by atoms with Crippen LogP contribution >= 0.6 is 0 Å². The van der Waals surface area contributed by atoms with E-state index < -0.39 is 0 Å². The average Bonchev–Trinajstić information content (AvgIpc) is 2.40. The molecule has 0 bridgehead atoms. The van der Waals surface area contributed by atoms with Crippen molar-refractivity contribution in [3.05, 3.63) is 59.8 Å². The molecule has 2 aromatic rings. The van der Waals surface area contributed by atoms with Crippen molar-refractivity contribution < 1.29 is 4.74 Å². The predicted molar refractivity (Wildman–Crippen MR) is 70.7 cm³/mol. The third-order valence-electron chi connectivity index (χ3n) is 2.57. The number of nitrogens with two attached hydrogens (primary N) is 1. The minimum Gasteiger partial charge on any atom is -0.470 e. The number of benzene rings is 1. The number of aromatic nitrogens is 1. The number of rotatable bonds is 4. The van der Waals surface area contributed by atoms with Gasteiger partial charge in [-0.3, -0.25) is 5.41 Å². The maximum absolute atomic E-state index is 7.34. The number of hydrogen-bond acceptors (Lipinski definition) is 3. The largest absolute Gasteiger partial charge is 0.470 e. The van der Waals surface area contributed by atoms with Crippen molar-refractivity contribution in [3.8, 4) is 5.88 Å². The van der Waals surface area contributed by atoms with Gasteiger partial charge in [0.2, 0.25) is 5.88 Å². The summed E-state index contributed by atoms with van der Waals surface area (Å²) in [6, 6.07) is 15.1. The van der Waals surface area contributed by atoms with Gasteiger partial charge in [-0.25, -0.2) is 4.98 Å². The summed E-state index contributed by atoms with van der Waals surface area (Å²) in [5.41, 5.74) is 6.89. The molecule has 0 aliphatic carbocycles. The van der Waals surface area contributed by atoms with Crippen LogP contribution in [0.4, 0.5) is 0 Å². The molecule has 0 saturated heterocycles. The summed E-state index contributed by atoms with van der Waals surface area (Å²) < 4.78 is 5.73. The highest BCUT2D eigenvalue weighted by Crippen LogP contribution is 2.19. The topological polar surface area (TPSA) is 72.0 Å². The van der Waals surface area contributed by atoms with Crippen molar-refractivity contribution in [2.75, 3.05) is 0 Å². The van der Waals surface area contributed by atoms with Crippen molar-refractivity contribution in [2.24, 2.45) is 5.73 Å². The molecule has 0 aliphatic heterocycles. The third kappa shape index (κ3) is 2.85. The molecule has 0 radical (unpaired) electrons. The highest BCUT2D eigenvalue weighted by molar-refractivity contribution is 5.93. The summed E-state index contributed by atoms with van der Waals surface area (Å²) >= 11 is 0. The monoisotopic (exact) mass is 241 g/mol. The number of hydrogen-bond donors (Lipinski definition) is 2. The van der Waals surface area contributed by atoms with Gasteiger partial charge in [0.15, 0.2) is 0 Å². The van der Waals surface area contributed by atoms with E-state index in [0.29, 0.717) is 11.6 Å². The fraction of sp³-hybridized carbons (Fsp3) is 0.143. The van der Waals surface area contributed by atoms with Gasteiger partial charge in [0.1, 0.15) is 17.6 Å². The molecule has 0 spiro atoms. The number of nitrogen functional groups attached to an aromatic ring is 1. The van der Waals surface area contributed by atoms with E-state index >= 15 is 0 Å². The molecule has 0 fully saturated rings. The van der Waals surface area contributed by atoms with E-state index in [1.807, 2.05) is 37.3 Å². The van der Waals surface area contributed by atoms with Crippen LogP contribution < -0.4 is 10.5 Å².